The summed E-state index contributed by atoms with van der Waals surface area (Å²) < 4.78 is 35.1. The lowest BCUT2D eigenvalue weighted by Crippen LogP contribution is -2.53. The zero-order valence-corrected chi connectivity index (χ0v) is 26.6. The van der Waals surface area contributed by atoms with Gasteiger partial charge in [0.15, 0.2) is 0 Å². The molecule has 43 heavy (non-hydrogen) atoms. The predicted molar refractivity (Wildman–Crippen MR) is 171 cm³/mol. The highest BCUT2D eigenvalue weighted by Crippen LogP contribution is 2.31. The van der Waals surface area contributed by atoms with Crippen molar-refractivity contribution in [1.82, 2.24) is 10.2 Å². The van der Waals surface area contributed by atoms with Crippen LogP contribution in [0, 0.1) is 6.92 Å². The molecule has 0 aliphatic heterocycles. The molecule has 0 fully saturated rings. The summed E-state index contributed by atoms with van der Waals surface area (Å²) in [4.78, 5) is 29.1. The first kappa shape index (κ1) is 31.8. The number of halogens is 1. The Morgan fingerprint density at radius 3 is 2.05 bits per heavy atom. The van der Waals surface area contributed by atoms with E-state index in [-0.39, 0.29) is 23.8 Å². The van der Waals surface area contributed by atoms with Gasteiger partial charge in [-0.1, -0.05) is 78.4 Å². The molecule has 0 saturated carbocycles. The van der Waals surface area contributed by atoms with Gasteiger partial charge in [-0.05, 0) is 64.3 Å². The normalized spacial score (nSPS) is 11.8. The van der Waals surface area contributed by atoms with Crippen LogP contribution < -0.4 is 14.4 Å². The van der Waals surface area contributed by atoms with Crippen LogP contribution >= 0.6 is 15.9 Å². The van der Waals surface area contributed by atoms with Crippen molar-refractivity contribution in [1.29, 1.82) is 0 Å². The van der Waals surface area contributed by atoms with E-state index in [1.165, 1.54) is 31.2 Å². The fourth-order valence-electron chi connectivity index (χ4n) is 4.68. The highest BCUT2D eigenvalue weighted by molar-refractivity contribution is 9.10. The van der Waals surface area contributed by atoms with Crippen molar-refractivity contribution in [2.75, 3.05) is 25.0 Å². The van der Waals surface area contributed by atoms with Crippen LogP contribution in [-0.4, -0.2) is 51.9 Å². The van der Waals surface area contributed by atoms with Crippen LogP contribution in [0.1, 0.15) is 16.7 Å². The number of likely N-dealkylation sites (N-methyl/N-ethyl adjacent to an activating group) is 1. The van der Waals surface area contributed by atoms with Crippen LogP contribution in [0.3, 0.4) is 0 Å². The number of methoxy groups -OCH3 is 1. The molecule has 4 rings (SSSR count). The maximum Gasteiger partial charge on any atom is 0.264 e. The van der Waals surface area contributed by atoms with Gasteiger partial charge in [0.2, 0.25) is 11.8 Å². The SMILES string of the molecule is CNC(=O)[C@@H](Cc1ccccc1)N(Cc1ccccc1)C(=O)CN(c1ccc(C)cc1)S(=O)(=O)c1ccc(OC)c(Br)c1. The summed E-state index contributed by atoms with van der Waals surface area (Å²) in [6, 6.07) is 29.2. The number of benzene rings is 4. The molecule has 0 aliphatic rings. The van der Waals surface area contributed by atoms with Gasteiger partial charge in [0, 0.05) is 20.0 Å². The van der Waals surface area contributed by atoms with E-state index >= 15 is 0 Å². The van der Waals surface area contributed by atoms with Gasteiger partial charge < -0.3 is 15.0 Å². The Balaban J connectivity index is 1.78. The molecule has 0 aromatic heterocycles. The molecule has 2 amide bonds. The number of nitrogens with zero attached hydrogens (tertiary/aromatic N) is 2. The minimum atomic E-state index is -4.23. The van der Waals surface area contributed by atoms with E-state index in [1.807, 2.05) is 67.6 Å². The maximum atomic E-state index is 14.3. The number of carbonyl (C=O) groups is 2. The Morgan fingerprint density at radius 2 is 1.49 bits per heavy atom. The lowest BCUT2D eigenvalue weighted by Gasteiger charge is -2.33. The first-order chi connectivity index (χ1) is 20.6. The van der Waals surface area contributed by atoms with E-state index in [0.717, 1.165) is 21.0 Å². The van der Waals surface area contributed by atoms with Gasteiger partial charge in [-0.25, -0.2) is 8.42 Å². The minimum absolute atomic E-state index is 0.0182. The second kappa shape index (κ2) is 14.3. The number of sulfonamides is 1. The van der Waals surface area contributed by atoms with Crippen LogP contribution in [0.5, 0.6) is 5.75 Å². The van der Waals surface area contributed by atoms with Gasteiger partial charge in [-0.15, -0.1) is 0 Å². The average Bonchev–Trinajstić information content (AvgIpc) is 3.02. The van der Waals surface area contributed by atoms with Gasteiger partial charge in [-0.2, -0.15) is 0 Å². The van der Waals surface area contributed by atoms with Crippen molar-refractivity contribution in [3.05, 3.63) is 124 Å². The third-order valence-electron chi connectivity index (χ3n) is 7.03. The summed E-state index contributed by atoms with van der Waals surface area (Å²) in [6.07, 6.45) is 0.252. The van der Waals surface area contributed by atoms with E-state index in [4.69, 9.17) is 4.74 Å². The van der Waals surface area contributed by atoms with Crippen molar-refractivity contribution < 1.29 is 22.7 Å². The molecule has 1 atom stereocenters. The van der Waals surface area contributed by atoms with Gasteiger partial charge in [0.25, 0.3) is 10.0 Å². The first-order valence-corrected chi connectivity index (χ1v) is 15.9. The summed E-state index contributed by atoms with van der Waals surface area (Å²) in [5.41, 5.74) is 2.94. The number of hydrogen-bond acceptors (Lipinski definition) is 5. The molecule has 8 nitrogen and oxygen atoms in total. The van der Waals surface area contributed by atoms with Gasteiger partial charge in [-0.3, -0.25) is 13.9 Å². The topological polar surface area (TPSA) is 96.0 Å². The zero-order chi connectivity index (χ0) is 31.0. The highest BCUT2D eigenvalue weighted by Gasteiger charge is 2.34. The lowest BCUT2D eigenvalue weighted by molar-refractivity contribution is -0.139. The van der Waals surface area contributed by atoms with Crippen LogP contribution in [0.2, 0.25) is 0 Å². The molecular formula is C33H34BrN3O5S. The molecule has 0 bridgehead atoms. The zero-order valence-electron chi connectivity index (χ0n) is 24.2. The first-order valence-electron chi connectivity index (χ1n) is 13.7. The summed E-state index contributed by atoms with van der Waals surface area (Å²) in [6.45, 7) is 1.48. The van der Waals surface area contributed by atoms with E-state index in [9.17, 15) is 18.0 Å². The van der Waals surface area contributed by atoms with E-state index in [2.05, 4.69) is 21.2 Å². The molecule has 224 valence electrons. The van der Waals surface area contributed by atoms with E-state index < -0.39 is 28.5 Å². The van der Waals surface area contributed by atoms with Crippen molar-refractivity contribution >= 4 is 43.5 Å². The number of amides is 2. The number of carbonyl (C=O) groups excluding carboxylic acids is 2. The molecule has 0 radical (unpaired) electrons. The molecule has 0 heterocycles. The van der Waals surface area contributed by atoms with E-state index in [1.54, 1.807) is 30.3 Å². The smallest absolute Gasteiger partial charge is 0.264 e. The van der Waals surface area contributed by atoms with Gasteiger partial charge >= 0.3 is 0 Å². The van der Waals surface area contributed by atoms with Crippen molar-refractivity contribution in [3.63, 3.8) is 0 Å². The Labute approximate surface area is 261 Å². The molecule has 1 N–H and O–H groups in total. The molecule has 4 aromatic carbocycles. The second-order valence-corrected chi connectivity index (χ2v) is 12.7. The summed E-state index contributed by atoms with van der Waals surface area (Å²) in [7, 11) is -1.21. The number of rotatable bonds is 12. The minimum Gasteiger partial charge on any atom is -0.496 e. The average molecular weight is 665 g/mol. The highest BCUT2D eigenvalue weighted by atomic mass is 79.9. The van der Waals surface area contributed by atoms with Crippen LogP contribution in [0.25, 0.3) is 0 Å². The van der Waals surface area contributed by atoms with Crippen molar-refractivity contribution in [3.8, 4) is 5.75 Å². The molecule has 0 saturated heterocycles. The quantitative estimate of drug-likeness (QED) is 0.221. The largest absolute Gasteiger partial charge is 0.496 e. The standard InChI is InChI=1S/C33H34BrN3O5S/c1-24-14-16-27(17-15-24)37(43(40,41)28-18-19-31(42-3)29(34)21-28)23-32(38)36(22-26-12-8-5-9-13-26)30(33(39)35-2)20-25-10-6-4-7-11-25/h4-19,21,30H,20,22-23H2,1-3H3,(H,35,39)/t30-/m1/s1. The third kappa shape index (κ3) is 7.82. The van der Waals surface area contributed by atoms with Crippen LogP contribution in [-0.2, 0) is 32.6 Å². The molecule has 0 spiro atoms. The Morgan fingerprint density at radius 1 is 0.884 bits per heavy atom. The predicted octanol–water partition coefficient (Wildman–Crippen LogP) is 5.35. The lowest BCUT2D eigenvalue weighted by atomic mass is 10.0. The fraction of sp³-hybridized carbons (Fsp3) is 0.212. The van der Waals surface area contributed by atoms with Crippen molar-refractivity contribution in [2.45, 2.75) is 30.8 Å². The summed E-state index contributed by atoms with van der Waals surface area (Å²) in [5, 5.41) is 2.69. The Bertz CT molecular complexity index is 1650. The van der Waals surface area contributed by atoms with E-state index in [0.29, 0.717) is 15.9 Å². The van der Waals surface area contributed by atoms with Crippen LogP contribution in [0.15, 0.2) is 112 Å². The molecule has 4 aromatic rings. The summed E-state index contributed by atoms with van der Waals surface area (Å²) >= 11 is 3.37. The van der Waals surface area contributed by atoms with Gasteiger partial charge in [0.05, 0.1) is 22.2 Å². The third-order valence-corrected chi connectivity index (χ3v) is 9.41. The van der Waals surface area contributed by atoms with Crippen molar-refractivity contribution in [2.24, 2.45) is 0 Å². The molecular weight excluding hydrogens is 630 g/mol. The number of nitrogens with one attached hydrogen (secondary N) is 1. The maximum absolute atomic E-state index is 14.3. The summed E-state index contributed by atoms with van der Waals surface area (Å²) in [5.74, 6) is -0.401. The molecule has 0 unspecified atom stereocenters. The molecule has 10 heteroatoms. The Kier molecular flexibility index (Phi) is 10.6. The number of anilines is 1. The van der Waals surface area contributed by atoms with Gasteiger partial charge in [0.1, 0.15) is 18.3 Å². The molecule has 0 aliphatic carbocycles. The Hall–Kier alpha value is -4.15. The second-order valence-electron chi connectivity index (χ2n) is 9.97. The fourth-order valence-corrected chi connectivity index (χ4v) is 6.81. The number of aryl methyl sites for hydroxylation is 1. The van der Waals surface area contributed by atoms with Crippen LogP contribution in [0.4, 0.5) is 5.69 Å². The number of ether oxygens (including phenoxy) is 1. The monoisotopic (exact) mass is 663 g/mol. The number of hydrogen-bond donors (Lipinski definition) is 1.